The average molecular weight is 229 g/mol. The van der Waals surface area contributed by atoms with Crippen LogP contribution in [0.1, 0.15) is 12.8 Å². The van der Waals surface area contributed by atoms with Crippen molar-refractivity contribution in [3.63, 3.8) is 0 Å². The maximum atomic E-state index is 6.12. The minimum absolute atomic E-state index is 0.0308. The van der Waals surface area contributed by atoms with Crippen LogP contribution in [0.2, 0.25) is 5.54 Å². The average Bonchev–Trinajstić information content (AvgIpc) is 2.38. The normalized spacial score (nSPS) is 36.2. The van der Waals surface area contributed by atoms with Crippen LogP contribution in [0.5, 0.6) is 0 Å². The lowest BCUT2D eigenvalue weighted by molar-refractivity contribution is 0.265. The van der Waals surface area contributed by atoms with E-state index in [0.717, 1.165) is 12.8 Å². The van der Waals surface area contributed by atoms with E-state index in [1.165, 1.54) is 0 Å². The molecule has 1 aliphatic rings. The van der Waals surface area contributed by atoms with E-state index in [1.807, 2.05) is 0 Å². The highest BCUT2D eigenvalue weighted by Gasteiger charge is 2.40. The summed E-state index contributed by atoms with van der Waals surface area (Å²) < 4.78 is 10.6. The van der Waals surface area contributed by atoms with E-state index in [0.29, 0.717) is 5.54 Å². The van der Waals surface area contributed by atoms with E-state index >= 15 is 0 Å². The SMILES string of the molecule is CO[SiH](OC)C1CCC(Cl)C1Cl. The van der Waals surface area contributed by atoms with Gasteiger partial charge in [-0.05, 0) is 12.8 Å². The molecule has 0 amide bonds. The molecule has 0 aromatic heterocycles. The molecule has 1 saturated carbocycles. The van der Waals surface area contributed by atoms with Crippen LogP contribution < -0.4 is 0 Å². The summed E-state index contributed by atoms with van der Waals surface area (Å²) in [4.78, 5) is 0. The molecule has 3 unspecified atom stereocenters. The Labute approximate surface area is 85.0 Å². The highest BCUT2D eigenvalue weighted by molar-refractivity contribution is 6.49. The van der Waals surface area contributed by atoms with Crippen molar-refractivity contribution in [3.8, 4) is 0 Å². The molecule has 72 valence electrons. The maximum Gasteiger partial charge on any atom is 0.325 e. The second-order valence-electron chi connectivity index (χ2n) is 3.04. The predicted molar refractivity (Wildman–Crippen MR) is 53.4 cm³/mol. The molecule has 2 nitrogen and oxygen atoms in total. The predicted octanol–water partition coefficient (Wildman–Crippen LogP) is 1.88. The van der Waals surface area contributed by atoms with Crippen molar-refractivity contribution in [1.82, 2.24) is 0 Å². The van der Waals surface area contributed by atoms with Crippen molar-refractivity contribution in [2.24, 2.45) is 0 Å². The van der Waals surface area contributed by atoms with Crippen molar-refractivity contribution < 1.29 is 8.85 Å². The maximum absolute atomic E-state index is 6.12. The summed E-state index contributed by atoms with van der Waals surface area (Å²) in [5, 5.41) is 0.125. The zero-order valence-electron chi connectivity index (χ0n) is 7.30. The van der Waals surface area contributed by atoms with Gasteiger partial charge in [0, 0.05) is 19.8 Å². The van der Waals surface area contributed by atoms with Gasteiger partial charge in [-0.2, -0.15) is 0 Å². The zero-order chi connectivity index (χ0) is 9.14. The molecule has 0 bridgehead atoms. The molecule has 0 heterocycles. The third-order valence-electron chi connectivity index (χ3n) is 2.34. The molecule has 1 rings (SSSR count). The van der Waals surface area contributed by atoms with Crippen LogP contribution in [0, 0.1) is 0 Å². The van der Waals surface area contributed by atoms with Gasteiger partial charge in [0.2, 0.25) is 0 Å². The third-order valence-corrected chi connectivity index (χ3v) is 6.21. The van der Waals surface area contributed by atoms with Crippen molar-refractivity contribution in [3.05, 3.63) is 0 Å². The number of alkyl halides is 2. The van der Waals surface area contributed by atoms with Crippen molar-refractivity contribution in [2.75, 3.05) is 14.2 Å². The smallest absolute Gasteiger partial charge is 0.325 e. The van der Waals surface area contributed by atoms with Crippen LogP contribution in [0.4, 0.5) is 0 Å². The highest BCUT2D eigenvalue weighted by Crippen LogP contribution is 2.40. The van der Waals surface area contributed by atoms with Gasteiger partial charge in [0.25, 0.3) is 0 Å². The monoisotopic (exact) mass is 228 g/mol. The van der Waals surface area contributed by atoms with Gasteiger partial charge in [-0.15, -0.1) is 23.2 Å². The van der Waals surface area contributed by atoms with Gasteiger partial charge in [0.15, 0.2) is 0 Å². The standard InChI is InChI=1S/C7H14Cl2O2Si/c1-10-12(11-2)6-4-3-5(8)7(6)9/h5-7,12H,3-4H2,1-2H3. The Morgan fingerprint density at radius 1 is 1.17 bits per heavy atom. The summed E-state index contributed by atoms with van der Waals surface area (Å²) in [6, 6.07) is 0. The first-order chi connectivity index (χ1) is 5.70. The number of rotatable bonds is 3. The minimum atomic E-state index is -1.56. The van der Waals surface area contributed by atoms with Crippen LogP contribution in [0.15, 0.2) is 0 Å². The fourth-order valence-electron chi connectivity index (χ4n) is 1.67. The van der Waals surface area contributed by atoms with Gasteiger partial charge in [-0.25, -0.2) is 0 Å². The Hall–Kier alpha value is 0.717. The van der Waals surface area contributed by atoms with E-state index < -0.39 is 9.28 Å². The Balaban J connectivity index is 2.51. The molecule has 0 N–H and O–H groups in total. The van der Waals surface area contributed by atoms with Gasteiger partial charge in [0.1, 0.15) is 0 Å². The topological polar surface area (TPSA) is 18.5 Å². The summed E-state index contributed by atoms with van der Waals surface area (Å²) in [6.07, 6.45) is 2.03. The Kier molecular flexibility index (Phi) is 4.33. The highest BCUT2D eigenvalue weighted by atomic mass is 35.5. The second kappa shape index (κ2) is 4.82. The lowest BCUT2D eigenvalue weighted by Crippen LogP contribution is -2.30. The van der Waals surface area contributed by atoms with Gasteiger partial charge >= 0.3 is 9.28 Å². The van der Waals surface area contributed by atoms with Crippen LogP contribution in [0.25, 0.3) is 0 Å². The van der Waals surface area contributed by atoms with Gasteiger partial charge < -0.3 is 8.85 Å². The Morgan fingerprint density at radius 2 is 1.75 bits per heavy atom. The fraction of sp³-hybridized carbons (Fsp3) is 1.00. The molecule has 0 radical (unpaired) electrons. The summed E-state index contributed by atoms with van der Waals surface area (Å²) in [5.74, 6) is 0. The second-order valence-corrected chi connectivity index (χ2v) is 6.64. The van der Waals surface area contributed by atoms with Crippen LogP contribution >= 0.6 is 23.2 Å². The summed E-state index contributed by atoms with van der Waals surface area (Å²) in [6.45, 7) is 0. The summed E-state index contributed by atoms with van der Waals surface area (Å²) in [5.41, 5.74) is 0.365. The van der Waals surface area contributed by atoms with E-state index in [1.54, 1.807) is 14.2 Å². The lowest BCUT2D eigenvalue weighted by Gasteiger charge is -2.21. The first-order valence-corrected chi connectivity index (χ1v) is 6.52. The van der Waals surface area contributed by atoms with E-state index in [9.17, 15) is 0 Å². The molecule has 3 atom stereocenters. The number of hydrogen-bond donors (Lipinski definition) is 0. The van der Waals surface area contributed by atoms with Gasteiger partial charge in [-0.3, -0.25) is 0 Å². The van der Waals surface area contributed by atoms with Crippen molar-refractivity contribution in [2.45, 2.75) is 29.1 Å². The zero-order valence-corrected chi connectivity index (χ0v) is 9.96. The van der Waals surface area contributed by atoms with Crippen LogP contribution in [0.3, 0.4) is 0 Å². The van der Waals surface area contributed by atoms with Crippen molar-refractivity contribution in [1.29, 1.82) is 0 Å². The molecule has 0 aromatic carbocycles. The molecular formula is C7H14Cl2O2Si. The van der Waals surface area contributed by atoms with E-state index in [-0.39, 0.29) is 10.8 Å². The quantitative estimate of drug-likeness (QED) is 0.543. The molecule has 0 aromatic rings. The number of halogens is 2. The van der Waals surface area contributed by atoms with E-state index in [4.69, 9.17) is 32.1 Å². The Morgan fingerprint density at radius 3 is 2.08 bits per heavy atom. The first-order valence-electron chi connectivity index (χ1n) is 4.04. The largest absolute Gasteiger partial charge is 0.400 e. The van der Waals surface area contributed by atoms with Crippen LogP contribution in [-0.4, -0.2) is 34.3 Å². The Bertz CT molecular complexity index is 143. The molecule has 0 spiro atoms. The molecule has 12 heavy (non-hydrogen) atoms. The molecule has 0 saturated heterocycles. The van der Waals surface area contributed by atoms with Crippen molar-refractivity contribution >= 4 is 32.5 Å². The van der Waals surface area contributed by atoms with Gasteiger partial charge in [0.05, 0.1) is 10.8 Å². The molecular weight excluding hydrogens is 215 g/mol. The molecule has 1 fully saturated rings. The summed E-state index contributed by atoms with van der Waals surface area (Å²) in [7, 11) is 1.81. The fourth-order valence-corrected chi connectivity index (χ4v) is 4.66. The number of hydrogen-bond acceptors (Lipinski definition) is 2. The van der Waals surface area contributed by atoms with E-state index in [2.05, 4.69) is 0 Å². The molecule has 5 heteroatoms. The van der Waals surface area contributed by atoms with Crippen LogP contribution in [-0.2, 0) is 8.85 Å². The van der Waals surface area contributed by atoms with Gasteiger partial charge in [-0.1, -0.05) is 0 Å². The minimum Gasteiger partial charge on any atom is -0.400 e. The summed E-state index contributed by atoms with van der Waals surface area (Å²) >= 11 is 12.1. The molecule has 0 aliphatic heterocycles. The third kappa shape index (κ3) is 2.15. The lowest BCUT2D eigenvalue weighted by atomic mass is 10.4. The first kappa shape index (κ1) is 10.8. The molecule has 1 aliphatic carbocycles.